The van der Waals surface area contributed by atoms with Crippen molar-refractivity contribution in [2.75, 3.05) is 7.05 Å². The van der Waals surface area contributed by atoms with E-state index in [4.69, 9.17) is 0 Å². The molecule has 0 radical (unpaired) electrons. The SMILES string of the molecule is CN(Cc1ccc(OC(F)F)cc1)C(=O)c1ccc(=O)n(C)n1. The van der Waals surface area contributed by atoms with Gasteiger partial charge in [-0.1, -0.05) is 12.1 Å². The van der Waals surface area contributed by atoms with Crippen LogP contribution in [-0.2, 0) is 13.6 Å². The maximum Gasteiger partial charge on any atom is 0.387 e. The van der Waals surface area contributed by atoms with Crippen molar-refractivity contribution >= 4 is 5.91 Å². The Morgan fingerprint density at radius 2 is 1.91 bits per heavy atom. The Hall–Kier alpha value is -2.77. The molecule has 0 aliphatic heterocycles. The van der Waals surface area contributed by atoms with Crippen molar-refractivity contribution in [1.29, 1.82) is 0 Å². The van der Waals surface area contributed by atoms with Gasteiger partial charge in [0.05, 0.1) is 0 Å². The molecule has 0 aliphatic carbocycles. The van der Waals surface area contributed by atoms with Crippen LogP contribution < -0.4 is 10.3 Å². The molecule has 0 aliphatic rings. The zero-order valence-electron chi connectivity index (χ0n) is 12.6. The highest BCUT2D eigenvalue weighted by atomic mass is 19.3. The number of rotatable bonds is 5. The number of nitrogens with zero attached hydrogens (tertiary/aromatic N) is 3. The Morgan fingerprint density at radius 3 is 2.48 bits per heavy atom. The van der Waals surface area contributed by atoms with Crippen molar-refractivity contribution in [3.8, 4) is 5.75 Å². The minimum atomic E-state index is -2.87. The maximum absolute atomic E-state index is 12.2. The first kappa shape index (κ1) is 16.6. The van der Waals surface area contributed by atoms with Crippen molar-refractivity contribution in [2.24, 2.45) is 7.05 Å². The number of alkyl halides is 2. The average Bonchev–Trinajstić information content (AvgIpc) is 2.50. The van der Waals surface area contributed by atoms with Gasteiger partial charge in [0, 0.05) is 26.7 Å². The average molecular weight is 323 g/mol. The molecule has 1 heterocycles. The first-order valence-corrected chi connectivity index (χ1v) is 6.70. The second-order valence-electron chi connectivity index (χ2n) is 4.86. The van der Waals surface area contributed by atoms with Crippen LogP contribution in [0, 0.1) is 0 Å². The van der Waals surface area contributed by atoms with Gasteiger partial charge < -0.3 is 9.64 Å². The van der Waals surface area contributed by atoms with Gasteiger partial charge in [0.15, 0.2) is 0 Å². The largest absolute Gasteiger partial charge is 0.435 e. The number of ether oxygens (including phenoxy) is 1. The van der Waals surface area contributed by atoms with Crippen molar-refractivity contribution in [3.05, 3.63) is 58.0 Å². The molecular formula is C15H15F2N3O3. The topological polar surface area (TPSA) is 64.4 Å². The van der Waals surface area contributed by atoms with E-state index in [0.29, 0.717) is 0 Å². The van der Waals surface area contributed by atoms with Crippen molar-refractivity contribution in [1.82, 2.24) is 14.7 Å². The molecule has 0 N–H and O–H groups in total. The molecule has 23 heavy (non-hydrogen) atoms. The van der Waals surface area contributed by atoms with Crippen LogP contribution in [0.3, 0.4) is 0 Å². The third kappa shape index (κ3) is 4.35. The molecule has 6 nitrogen and oxygen atoms in total. The number of aromatic nitrogens is 2. The van der Waals surface area contributed by atoms with Crippen LogP contribution in [0.4, 0.5) is 8.78 Å². The fourth-order valence-electron chi connectivity index (χ4n) is 1.93. The van der Waals surface area contributed by atoms with E-state index in [0.717, 1.165) is 10.2 Å². The summed E-state index contributed by atoms with van der Waals surface area (Å²) in [6.07, 6.45) is 0. The molecule has 8 heteroatoms. The summed E-state index contributed by atoms with van der Waals surface area (Å²) < 4.78 is 29.5. The summed E-state index contributed by atoms with van der Waals surface area (Å²) in [6.45, 7) is -2.61. The smallest absolute Gasteiger partial charge is 0.387 e. The molecular weight excluding hydrogens is 308 g/mol. The molecule has 1 amide bonds. The molecule has 122 valence electrons. The molecule has 2 aromatic rings. The quantitative estimate of drug-likeness (QED) is 0.839. The summed E-state index contributed by atoms with van der Waals surface area (Å²) in [4.78, 5) is 24.9. The number of hydrogen-bond donors (Lipinski definition) is 0. The fourth-order valence-corrected chi connectivity index (χ4v) is 1.93. The molecule has 0 atom stereocenters. The van der Waals surface area contributed by atoms with Crippen molar-refractivity contribution in [2.45, 2.75) is 13.2 Å². The normalized spacial score (nSPS) is 10.7. The molecule has 0 spiro atoms. The van der Waals surface area contributed by atoms with E-state index in [2.05, 4.69) is 9.84 Å². The molecule has 0 saturated heterocycles. The Morgan fingerprint density at radius 1 is 1.26 bits per heavy atom. The van der Waals surface area contributed by atoms with E-state index in [1.807, 2.05) is 0 Å². The lowest BCUT2D eigenvalue weighted by molar-refractivity contribution is -0.0498. The van der Waals surface area contributed by atoms with Crippen molar-refractivity contribution in [3.63, 3.8) is 0 Å². The van der Waals surface area contributed by atoms with E-state index >= 15 is 0 Å². The standard InChI is InChI=1S/C15H15F2N3O3/c1-19(14(22)12-7-8-13(21)20(2)18-12)9-10-3-5-11(6-4-10)23-15(16)17/h3-8,15H,9H2,1-2H3. The third-order valence-corrected chi connectivity index (χ3v) is 3.09. The number of amides is 1. The second-order valence-corrected chi connectivity index (χ2v) is 4.86. The fraction of sp³-hybridized carbons (Fsp3) is 0.267. The van der Waals surface area contributed by atoms with Crippen LogP contribution in [0.2, 0.25) is 0 Å². The van der Waals surface area contributed by atoms with Gasteiger partial charge in [-0.15, -0.1) is 0 Å². The number of benzene rings is 1. The highest BCUT2D eigenvalue weighted by Crippen LogP contribution is 2.16. The maximum atomic E-state index is 12.2. The zero-order chi connectivity index (χ0) is 17.0. The molecule has 2 rings (SSSR count). The van der Waals surface area contributed by atoms with E-state index < -0.39 is 6.61 Å². The summed E-state index contributed by atoms with van der Waals surface area (Å²) in [6, 6.07) is 8.63. The van der Waals surface area contributed by atoms with Gasteiger partial charge in [-0.05, 0) is 23.8 Å². The van der Waals surface area contributed by atoms with Gasteiger partial charge in [0.2, 0.25) is 0 Å². The Bertz CT molecular complexity index is 744. The molecule has 0 saturated carbocycles. The number of hydrogen-bond acceptors (Lipinski definition) is 4. The molecule has 0 unspecified atom stereocenters. The van der Waals surface area contributed by atoms with Crippen LogP contribution in [0.15, 0.2) is 41.2 Å². The summed E-state index contributed by atoms with van der Waals surface area (Å²) in [5.41, 5.74) is 0.582. The molecule has 1 aromatic heterocycles. The summed E-state index contributed by atoms with van der Waals surface area (Å²) in [5, 5.41) is 3.89. The first-order valence-electron chi connectivity index (χ1n) is 6.70. The van der Waals surface area contributed by atoms with E-state index in [9.17, 15) is 18.4 Å². The highest BCUT2D eigenvalue weighted by molar-refractivity contribution is 5.91. The van der Waals surface area contributed by atoms with Crippen LogP contribution in [0.1, 0.15) is 16.1 Å². The number of carbonyl (C=O) groups is 1. The van der Waals surface area contributed by atoms with E-state index in [1.165, 1.54) is 36.2 Å². The lowest BCUT2D eigenvalue weighted by Crippen LogP contribution is -2.30. The summed E-state index contributed by atoms with van der Waals surface area (Å²) in [5.74, 6) is -0.300. The lowest BCUT2D eigenvalue weighted by atomic mass is 10.2. The monoisotopic (exact) mass is 323 g/mol. The molecule has 0 bridgehead atoms. The minimum Gasteiger partial charge on any atom is -0.435 e. The van der Waals surface area contributed by atoms with Crippen LogP contribution >= 0.6 is 0 Å². The van der Waals surface area contributed by atoms with Gasteiger partial charge >= 0.3 is 6.61 Å². The van der Waals surface area contributed by atoms with Crippen LogP contribution in [0.5, 0.6) is 5.75 Å². The summed E-state index contributed by atoms with van der Waals surface area (Å²) in [7, 11) is 3.04. The van der Waals surface area contributed by atoms with E-state index in [-0.39, 0.29) is 29.5 Å². The Labute approximate surface area is 130 Å². The first-order chi connectivity index (χ1) is 10.9. The second kappa shape index (κ2) is 6.99. The van der Waals surface area contributed by atoms with Gasteiger partial charge in [0.25, 0.3) is 11.5 Å². The predicted octanol–water partition coefficient (Wildman–Crippen LogP) is 1.65. The summed E-state index contributed by atoms with van der Waals surface area (Å²) >= 11 is 0. The van der Waals surface area contributed by atoms with Crippen LogP contribution in [0.25, 0.3) is 0 Å². The number of aryl methyl sites for hydroxylation is 1. The van der Waals surface area contributed by atoms with E-state index in [1.54, 1.807) is 19.2 Å². The van der Waals surface area contributed by atoms with Crippen LogP contribution in [-0.4, -0.2) is 34.2 Å². The van der Waals surface area contributed by atoms with Crippen molar-refractivity contribution < 1.29 is 18.3 Å². The number of halogens is 2. The van der Waals surface area contributed by atoms with Gasteiger partial charge in [-0.3, -0.25) is 9.59 Å². The molecule has 0 fully saturated rings. The van der Waals surface area contributed by atoms with Gasteiger partial charge in [-0.2, -0.15) is 13.9 Å². The minimum absolute atomic E-state index is 0.0532. The predicted molar refractivity (Wildman–Crippen MR) is 78.3 cm³/mol. The Balaban J connectivity index is 2.05. The number of carbonyl (C=O) groups excluding carboxylic acids is 1. The Kier molecular flexibility index (Phi) is 5.05. The zero-order valence-corrected chi connectivity index (χ0v) is 12.6. The highest BCUT2D eigenvalue weighted by Gasteiger charge is 2.14. The third-order valence-electron chi connectivity index (χ3n) is 3.09. The van der Waals surface area contributed by atoms with Gasteiger partial charge in [-0.25, -0.2) is 4.68 Å². The molecule has 1 aromatic carbocycles. The lowest BCUT2D eigenvalue weighted by Gasteiger charge is -2.17. The van der Waals surface area contributed by atoms with Gasteiger partial charge in [0.1, 0.15) is 11.4 Å².